The van der Waals surface area contributed by atoms with Gasteiger partial charge in [-0.1, -0.05) is 31.0 Å². The lowest BCUT2D eigenvalue weighted by Crippen LogP contribution is -2.42. The summed E-state index contributed by atoms with van der Waals surface area (Å²) in [5, 5.41) is 3.12. The van der Waals surface area contributed by atoms with Gasteiger partial charge in [-0.25, -0.2) is 0 Å². The Labute approximate surface area is 126 Å². The molecular weight excluding hydrogens is 264 g/mol. The van der Waals surface area contributed by atoms with Crippen molar-refractivity contribution < 1.29 is 9.53 Å². The molecule has 0 bridgehead atoms. The predicted octanol–water partition coefficient (Wildman–Crippen LogP) is 2.19. The van der Waals surface area contributed by atoms with Crippen LogP contribution in [-0.4, -0.2) is 25.1 Å². The molecule has 1 aromatic carbocycles. The molecule has 114 valence electrons. The van der Waals surface area contributed by atoms with Crippen molar-refractivity contribution in [3.05, 3.63) is 29.8 Å². The number of ether oxygens (including phenoxy) is 1. The Bertz CT molecular complexity index is 503. The van der Waals surface area contributed by atoms with Crippen molar-refractivity contribution >= 4 is 5.91 Å². The molecule has 4 heteroatoms. The first-order valence-corrected chi connectivity index (χ1v) is 8.00. The van der Waals surface area contributed by atoms with E-state index in [9.17, 15) is 4.79 Å². The number of carbonyl (C=O) groups excluding carboxylic acids is 1. The Kier molecular flexibility index (Phi) is 4.44. The van der Waals surface area contributed by atoms with Crippen molar-refractivity contribution in [1.29, 1.82) is 0 Å². The van der Waals surface area contributed by atoms with E-state index in [1.54, 1.807) is 0 Å². The van der Waals surface area contributed by atoms with Crippen LogP contribution >= 0.6 is 0 Å². The van der Waals surface area contributed by atoms with E-state index >= 15 is 0 Å². The molecule has 1 aliphatic carbocycles. The van der Waals surface area contributed by atoms with Crippen molar-refractivity contribution in [2.45, 2.75) is 44.1 Å². The second-order valence-electron chi connectivity index (χ2n) is 6.18. The summed E-state index contributed by atoms with van der Waals surface area (Å²) in [4.78, 5) is 12.5. The van der Waals surface area contributed by atoms with Crippen LogP contribution < -0.4 is 15.8 Å². The molecule has 0 saturated heterocycles. The second kappa shape index (κ2) is 6.48. The zero-order chi connectivity index (χ0) is 14.7. The average Bonchev–Trinajstić information content (AvgIpc) is 2.53. The van der Waals surface area contributed by atoms with Gasteiger partial charge in [-0.2, -0.15) is 0 Å². The number of benzene rings is 1. The van der Waals surface area contributed by atoms with E-state index in [0.717, 1.165) is 30.6 Å². The van der Waals surface area contributed by atoms with Gasteiger partial charge in [0, 0.05) is 18.2 Å². The Morgan fingerprint density at radius 1 is 1.24 bits per heavy atom. The lowest BCUT2D eigenvalue weighted by atomic mass is 9.84. The molecule has 3 N–H and O–H groups in total. The van der Waals surface area contributed by atoms with Gasteiger partial charge in [-0.3, -0.25) is 4.79 Å². The topological polar surface area (TPSA) is 64.3 Å². The number of para-hydroxylation sites is 1. The number of hydrogen-bond acceptors (Lipinski definition) is 3. The van der Waals surface area contributed by atoms with Gasteiger partial charge < -0.3 is 15.8 Å². The van der Waals surface area contributed by atoms with Crippen LogP contribution in [0, 0.1) is 5.92 Å². The Hall–Kier alpha value is -1.55. The fraction of sp³-hybridized carbons (Fsp3) is 0.588. The minimum atomic E-state index is -0.0882. The first-order chi connectivity index (χ1) is 10.3. The monoisotopic (exact) mass is 288 g/mol. The summed E-state index contributed by atoms with van der Waals surface area (Å²) in [5.41, 5.74) is 7.16. The quantitative estimate of drug-likeness (QED) is 0.896. The summed E-state index contributed by atoms with van der Waals surface area (Å²) in [6, 6.07) is 8.07. The highest BCUT2D eigenvalue weighted by atomic mass is 16.5. The summed E-state index contributed by atoms with van der Waals surface area (Å²) in [6.07, 6.45) is 5.42. The lowest BCUT2D eigenvalue weighted by Gasteiger charge is -2.30. The molecular formula is C17H24N2O2. The summed E-state index contributed by atoms with van der Waals surface area (Å²) < 4.78 is 5.62. The normalized spacial score (nSPS) is 28.3. The fourth-order valence-electron chi connectivity index (χ4n) is 3.46. The zero-order valence-electron chi connectivity index (χ0n) is 12.4. The highest BCUT2D eigenvalue weighted by Gasteiger charge is 2.28. The van der Waals surface area contributed by atoms with E-state index < -0.39 is 0 Å². The summed E-state index contributed by atoms with van der Waals surface area (Å²) in [6.45, 7) is 1.32. The molecule has 3 rings (SSSR count). The number of carbonyl (C=O) groups is 1. The van der Waals surface area contributed by atoms with Crippen molar-refractivity contribution in [3.63, 3.8) is 0 Å². The first kappa shape index (κ1) is 14.4. The maximum atomic E-state index is 12.5. The molecule has 1 amide bonds. The van der Waals surface area contributed by atoms with Crippen LogP contribution in [0.2, 0.25) is 0 Å². The van der Waals surface area contributed by atoms with Crippen LogP contribution in [0.15, 0.2) is 24.3 Å². The van der Waals surface area contributed by atoms with E-state index in [0.29, 0.717) is 19.1 Å². The van der Waals surface area contributed by atoms with Gasteiger partial charge >= 0.3 is 0 Å². The molecule has 21 heavy (non-hydrogen) atoms. The van der Waals surface area contributed by atoms with Crippen LogP contribution in [0.4, 0.5) is 0 Å². The molecule has 1 saturated carbocycles. The van der Waals surface area contributed by atoms with Crippen LogP contribution in [0.1, 0.15) is 43.6 Å². The van der Waals surface area contributed by atoms with Gasteiger partial charge in [0.05, 0.1) is 12.5 Å². The number of rotatable bonds is 3. The summed E-state index contributed by atoms with van der Waals surface area (Å²) in [5.74, 6) is 1.30. The molecule has 2 aliphatic rings. The second-order valence-corrected chi connectivity index (χ2v) is 6.18. The van der Waals surface area contributed by atoms with Crippen LogP contribution in [0.5, 0.6) is 5.75 Å². The third-order valence-electron chi connectivity index (χ3n) is 4.78. The molecule has 3 atom stereocenters. The Morgan fingerprint density at radius 2 is 2.05 bits per heavy atom. The van der Waals surface area contributed by atoms with Crippen molar-refractivity contribution in [1.82, 2.24) is 5.32 Å². The number of fused-ring (bicyclic) bond motifs is 1. The van der Waals surface area contributed by atoms with Gasteiger partial charge in [0.15, 0.2) is 0 Å². The molecule has 1 heterocycles. The number of hydrogen-bond donors (Lipinski definition) is 2. The summed E-state index contributed by atoms with van der Waals surface area (Å²) in [7, 11) is 0. The molecule has 1 aliphatic heterocycles. The minimum Gasteiger partial charge on any atom is -0.493 e. The molecule has 0 radical (unpaired) electrons. The van der Waals surface area contributed by atoms with Crippen LogP contribution in [0.3, 0.4) is 0 Å². The number of amides is 1. The van der Waals surface area contributed by atoms with Crippen LogP contribution in [0.25, 0.3) is 0 Å². The molecule has 1 aromatic rings. The number of nitrogens with one attached hydrogen (secondary N) is 1. The molecule has 0 aromatic heterocycles. The fourth-order valence-corrected chi connectivity index (χ4v) is 3.46. The van der Waals surface area contributed by atoms with Gasteiger partial charge in [-0.15, -0.1) is 0 Å². The minimum absolute atomic E-state index is 0.0882. The first-order valence-electron chi connectivity index (χ1n) is 8.00. The smallest absolute Gasteiger partial charge is 0.227 e. The van der Waals surface area contributed by atoms with Crippen molar-refractivity contribution in [2.24, 2.45) is 11.7 Å². The standard InChI is InChI=1S/C17H24N2O2/c18-15-7-3-1-5-12(15)11-19-17(20)14-9-10-21-16-8-4-2-6-13(14)16/h2,4,6,8,12,14-15H,1,3,5,7,9-11,18H2,(H,19,20). The molecule has 4 nitrogen and oxygen atoms in total. The largest absolute Gasteiger partial charge is 0.493 e. The highest BCUT2D eigenvalue weighted by Crippen LogP contribution is 2.33. The molecule has 3 unspecified atom stereocenters. The van der Waals surface area contributed by atoms with Crippen LogP contribution in [-0.2, 0) is 4.79 Å². The van der Waals surface area contributed by atoms with E-state index in [4.69, 9.17) is 10.5 Å². The SMILES string of the molecule is NC1CCCCC1CNC(=O)C1CCOc2ccccc21. The van der Waals surface area contributed by atoms with Gasteiger partial charge in [0.2, 0.25) is 5.91 Å². The van der Waals surface area contributed by atoms with E-state index in [1.807, 2.05) is 24.3 Å². The highest BCUT2D eigenvalue weighted by molar-refractivity contribution is 5.84. The van der Waals surface area contributed by atoms with E-state index in [1.165, 1.54) is 12.8 Å². The Balaban J connectivity index is 1.61. The zero-order valence-corrected chi connectivity index (χ0v) is 12.4. The van der Waals surface area contributed by atoms with Gasteiger partial charge in [0.25, 0.3) is 0 Å². The van der Waals surface area contributed by atoms with Crippen molar-refractivity contribution in [3.8, 4) is 5.75 Å². The molecule has 0 spiro atoms. The third kappa shape index (κ3) is 3.21. The summed E-state index contributed by atoms with van der Waals surface area (Å²) >= 11 is 0. The third-order valence-corrected chi connectivity index (χ3v) is 4.78. The van der Waals surface area contributed by atoms with Gasteiger partial charge in [-0.05, 0) is 31.2 Å². The Morgan fingerprint density at radius 3 is 2.90 bits per heavy atom. The van der Waals surface area contributed by atoms with Gasteiger partial charge in [0.1, 0.15) is 5.75 Å². The van der Waals surface area contributed by atoms with E-state index in [2.05, 4.69) is 5.32 Å². The van der Waals surface area contributed by atoms with E-state index in [-0.39, 0.29) is 17.9 Å². The van der Waals surface area contributed by atoms with Crippen molar-refractivity contribution in [2.75, 3.05) is 13.2 Å². The maximum absolute atomic E-state index is 12.5. The number of nitrogens with two attached hydrogens (primary N) is 1. The average molecular weight is 288 g/mol. The molecule has 1 fully saturated rings. The lowest BCUT2D eigenvalue weighted by molar-refractivity contribution is -0.123. The maximum Gasteiger partial charge on any atom is 0.227 e. The predicted molar refractivity (Wildman–Crippen MR) is 82.2 cm³/mol.